The average molecular weight is 342 g/mol. The van der Waals surface area contributed by atoms with Crippen LogP contribution in [0.2, 0.25) is 0 Å². The molecule has 2 aliphatic rings. The van der Waals surface area contributed by atoms with Crippen molar-refractivity contribution in [2.75, 3.05) is 28.4 Å². The molecule has 1 heterocycles. The number of fused-ring (bicyclic) bond motifs is 1. The maximum atomic E-state index is 9.99. The fraction of sp³-hybridized carbons (Fsp3) is 0.471. The molecule has 8 heteroatoms. The normalized spacial score (nSPS) is 31.3. The van der Waals surface area contributed by atoms with Crippen LogP contribution in [0.5, 0.6) is 11.5 Å². The van der Waals surface area contributed by atoms with E-state index in [1.165, 1.54) is 28.4 Å². The molecular formula is C17H18N4O4. The first-order chi connectivity index (χ1) is 12.0. The van der Waals surface area contributed by atoms with E-state index in [2.05, 4.69) is 17.1 Å². The van der Waals surface area contributed by atoms with E-state index < -0.39 is 22.7 Å². The lowest BCUT2D eigenvalue weighted by Gasteiger charge is -2.29. The highest BCUT2D eigenvalue weighted by atomic mass is 16.7. The highest BCUT2D eigenvalue weighted by molar-refractivity contribution is 6.00. The number of hydrogen-bond donors (Lipinski definition) is 1. The Morgan fingerprint density at radius 3 is 2.16 bits per heavy atom. The molecule has 2 N–H and O–H groups in total. The molecule has 0 saturated heterocycles. The van der Waals surface area contributed by atoms with E-state index in [0.29, 0.717) is 17.1 Å². The number of nitrogens with zero attached hydrogens (tertiary/aromatic N) is 3. The van der Waals surface area contributed by atoms with E-state index >= 15 is 0 Å². The van der Waals surface area contributed by atoms with Crippen molar-refractivity contribution in [2.24, 2.45) is 21.6 Å². The Hall–Kier alpha value is -2.81. The molecule has 0 bridgehead atoms. The van der Waals surface area contributed by atoms with E-state index in [1.54, 1.807) is 18.2 Å². The molecule has 0 spiro atoms. The number of nitrogens with two attached hydrogens (primary N) is 1. The van der Waals surface area contributed by atoms with Crippen molar-refractivity contribution >= 4 is 5.84 Å². The van der Waals surface area contributed by atoms with Crippen LogP contribution in [0.3, 0.4) is 0 Å². The predicted molar refractivity (Wildman–Crippen MR) is 86.8 cm³/mol. The standard InChI is InChI=1S/C17H18N4O4/c1-22-11-6-5-10(7-12(11)23-2)13-15(8-18)14(20)21-17(24-3,25-4)16(13,15)9-19/h5-7,13H,1-4H3,(H2,20,21)/t13-,15-,16-/m1/s1. The van der Waals surface area contributed by atoms with Crippen molar-refractivity contribution in [1.29, 1.82) is 10.5 Å². The van der Waals surface area contributed by atoms with Crippen molar-refractivity contribution in [1.82, 2.24) is 0 Å². The van der Waals surface area contributed by atoms with Gasteiger partial charge in [-0.05, 0) is 17.7 Å². The summed E-state index contributed by atoms with van der Waals surface area (Å²) in [5.74, 6) is -1.16. The monoisotopic (exact) mass is 342 g/mol. The predicted octanol–water partition coefficient (Wildman–Crippen LogP) is 1.14. The SMILES string of the molecule is COc1ccc([C@@H]2[C@]3(C#N)C(N)=NC(OC)(OC)[C@]23C#N)cc1OC. The van der Waals surface area contributed by atoms with Gasteiger partial charge in [0.05, 0.1) is 26.4 Å². The third kappa shape index (κ3) is 1.63. The highest BCUT2D eigenvalue weighted by Crippen LogP contribution is 2.81. The van der Waals surface area contributed by atoms with Gasteiger partial charge in [0, 0.05) is 20.1 Å². The molecule has 0 amide bonds. The Bertz CT molecular complexity index is 836. The first kappa shape index (κ1) is 17.0. The molecule has 3 rings (SSSR count). The van der Waals surface area contributed by atoms with Crippen LogP contribution in [0.15, 0.2) is 23.2 Å². The zero-order chi connectivity index (χ0) is 18.5. The van der Waals surface area contributed by atoms with Gasteiger partial charge in [-0.3, -0.25) is 0 Å². The summed E-state index contributed by atoms with van der Waals surface area (Å²) in [4.78, 5) is 4.17. The summed E-state index contributed by atoms with van der Waals surface area (Å²) in [6.07, 6.45) is 0. The fourth-order valence-corrected chi connectivity index (χ4v) is 4.05. The molecule has 0 unspecified atom stereocenters. The number of methoxy groups -OCH3 is 4. The van der Waals surface area contributed by atoms with E-state index in [9.17, 15) is 10.5 Å². The summed E-state index contributed by atoms with van der Waals surface area (Å²) in [7, 11) is 5.79. The number of aliphatic imine (C=N–C) groups is 1. The van der Waals surface area contributed by atoms with Crippen LogP contribution in [-0.2, 0) is 9.47 Å². The molecule has 1 aromatic carbocycles. The van der Waals surface area contributed by atoms with Gasteiger partial charge in [0.15, 0.2) is 16.9 Å². The maximum Gasteiger partial charge on any atom is 0.292 e. The van der Waals surface area contributed by atoms with Gasteiger partial charge in [-0.15, -0.1) is 0 Å². The zero-order valence-corrected chi connectivity index (χ0v) is 14.4. The van der Waals surface area contributed by atoms with E-state index in [-0.39, 0.29) is 5.84 Å². The Morgan fingerprint density at radius 2 is 1.68 bits per heavy atom. The van der Waals surface area contributed by atoms with E-state index in [1.807, 2.05) is 0 Å². The Balaban J connectivity index is 2.21. The van der Waals surface area contributed by atoms with Gasteiger partial charge in [0.2, 0.25) is 0 Å². The second kappa shape index (κ2) is 5.35. The van der Waals surface area contributed by atoms with Gasteiger partial charge >= 0.3 is 0 Å². The second-order valence-corrected chi connectivity index (χ2v) is 5.87. The number of amidine groups is 1. The molecular weight excluding hydrogens is 324 g/mol. The number of nitriles is 2. The number of rotatable bonds is 5. The molecule has 1 aliphatic carbocycles. The summed E-state index contributed by atoms with van der Waals surface area (Å²) >= 11 is 0. The van der Waals surface area contributed by atoms with Crippen molar-refractivity contribution in [2.45, 2.75) is 11.8 Å². The van der Waals surface area contributed by atoms with Crippen LogP contribution in [0.1, 0.15) is 11.5 Å². The molecule has 1 fully saturated rings. The summed E-state index contributed by atoms with van der Waals surface area (Å²) in [5, 5.41) is 19.9. The van der Waals surface area contributed by atoms with Crippen LogP contribution in [0.4, 0.5) is 0 Å². The minimum atomic E-state index is -1.64. The van der Waals surface area contributed by atoms with Crippen molar-refractivity contribution < 1.29 is 18.9 Å². The summed E-state index contributed by atoms with van der Waals surface area (Å²) < 4.78 is 21.4. The van der Waals surface area contributed by atoms with Gasteiger partial charge in [0.25, 0.3) is 5.91 Å². The fourth-order valence-electron chi connectivity index (χ4n) is 4.05. The average Bonchev–Trinajstić information content (AvgIpc) is 3.23. The number of ether oxygens (including phenoxy) is 4. The maximum absolute atomic E-state index is 9.99. The first-order valence-corrected chi connectivity index (χ1v) is 7.49. The molecule has 1 aliphatic heterocycles. The Kier molecular flexibility index (Phi) is 3.64. The van der Waals surface area contributed by atoms with Gasteiger partial charge < -0.3 is 24.7 Å². The van der Waals surface area contributed by atoms with Gasteiger partial charge in [-0.1, -0.05) is 6.07 Å². The topological polar surface area (TPSA) is 123 Å². The third-order valence-electron chi connectivity index (χ3n) is 5.22. The first-order valence-electron chi connectivity index (χ1n) is 7.49. The summed E-state index contributed by atoms with van der Waals surface area (Å²) in [6.45, 7) is 0. The molecule has 0 aromatic heterocycles. The van der Waals surface area contributed by atoms with Crippen LogP contribution >= 0.6 is 0 Å². The quantitative estimate of drug-likeness (QED) is 0.796. The minimum Gasteiger partial charge on any atom is -0.493 e. The molecule has 1 aromatic rings. The highest BCUT2D eigenvalue weighted by Gasteiger charge is 2.93. The zero-order valence-electron chi connectivity index (χ0n) is 14.4. The van der Waals surface area contributed by atoms with Gasteiger partial charge in [-0.2, -0.15) is 10.5 Å². The van der Waals surface area contributed by atoms with Crippen LogP contribution < -0.4 is 15.2 Å². The Morgan fingerprint density at radius 1 is 1.04 bits per heavy atom. The number of hydrogen-bond acceptors (Lipinski definition) is 8. The Labute approximate surface area is 145 Å². The van der Waals surface area contributed by atoms with Crippen LogP contribution in [0, 0.1) is 33.5 Å². The molecule has 130 valence electrons. The van der Waals surface area contributed by atoms with Crippen LogP contribution in [0.25, 0.3) is 0 Å². The lowest BCUT2D eigenvalue weighted by Crippen LogP contribution is -2.41. The smallest absolute Gasteiger partial charge is 0.292 e. The molecule has 0 radical (unpaired) electrons. The summed E-state index contributed by atoms with van der Waals surface area (Å²) in [5.41, 5.74) is 4.05. The molecule has 3 atom stereocenters. The molecule has 25 heavy (non-hydrogen) atoms. The van der Waals surface area contributed by atoms with Gasteiger partial charge in [0.1, 0.15) is 11.3 Å². The molecule has 1 saturated carbocycles. The minimum absolute atomic E-state index is 0.0278. The van der Waals surface area contributed by atoms with Gasteiger partial charge in [-0.25, -0.2) is 4.99 Å². The largest absolute Gasteiger partial charge is 0.493 e. The number of benzene rings is 1. The summed E-state index contributed by atoms with van der Waals surface area (Å²) in [6, 6.07) is 9.60. The molecule has 8 nitrogen and oxygen atoms in total. The van der Waals surface area contributed by atoms with E-state index in [0.717, 1.165) is 0 Å². The van der Waals surface area contributed by atoms with Crippen molar-refractivity contribution in [3.63, 3.8) is 0 Å². The lowest BCUT2D eigenvalue weighted by atomic mass is 9.93. The lowest BCUT2D eigenvalue weighted by molar-refractivity contribution is -0.230. The van der Waals surface area contributed by atoms with E-state index in [4.69, 9.17) is 24.7 Å². The van der Waals surface area contributed by atoms with Crippen molar-refractivity contribution in [3.8, 4) is 23.6 Å². The van der Waals surface area contributed by atoms with Crippen LogP contribution in [-0.4, -0.2) is 40.2 Å². The second-order valence-electron chi connectivity index (χ2n) is 5.87. The third-order valence-corrected chi connectivity index (χ3v) is 5.22. The van der Waals surface area contributed by atoms with Crippen molar-refractivity contribution in [3.05, 3.63) is 23.8 Å².